The fourth-order valence-electron chi connectivity index (χ4n) is 3.14. The van der Waals surface area contributed by atoms with Gasteiger partial charge < -0.3 is 4.90 Å². The van der Waals surface area contributed by atoms with Gasteiger partial charge in [0.05, 0.1) is 23.3 Å². The Morgan fingerprint density at radius 1 is 1.30 bits per heavy atom. The summed E-state index contributed by atoms with van der Waals surface area (Å²) < 4.78 is 1.74. The van der Waals surface area contributed by atoms with Gasteiger partial charge in [-0.3, -0.25) is 14.5 Å². The zero-order valence-electron chi connectivity index (χ0n) is 12.8. The highest BCUT2D eigenvalue weighted by Gasteiger charge is 2.30. The Morgan fingerprint density at radius 3 is 3.04 bits per heavy atom. The summed E-state index contributed by atoms with van der Waals surface area (Å²) in [5, 5.41) is 7.17. The lowest BCUT2D eigenvalue weighted by Gasteiger charge is -2.34. The van der Waals surface area contributed by atoms with Crippen molar-refractivity contribution >= 4 is 28.3 Å². The number of likely N-dealkylation sites (tertiary alicyclic amines) is 1. The molecular weight excluding hydrogens is 310 g/mol. The van der Waals surface area contributed by atoms with E-state index in [9.17, 15) is 4.79 Å². The van der Waals surface area contributed by atoms with E-state index in [1.165, 1.54) is 0 Å². The van der Waals surface area contributed by atoms with Crippen molar-refractivity contribution in [2.24, 2.45) is 7.05 Å². The van der Waals surface area contributed by atoms with Gasteiger partial charge in [-0.25, -0.2) is 4.98 Å². The molecule has 3 aromatic rings. The molecule has 0 spiro atoms. The van der Waals surface area contributed by atoms with Crippen LogP contribution in [0.3, 0.4) is 0 Å². The zero-order chi connectivity index (χ0) is 15.8. The lowest BCUT2D eigenvalue weighted by Crippen LogP contribution is -2.38. The number of aromatic nitrogens is 4. The van der Waals surface area contributed by atoms with Crippen LogP contribution >= 0.6 is 11.3 Å². The average Bonchev–Trinajstić information content (AvgIpc) is 3.24. The Labute approximate surface area is 137 Å². The Balaban J connectivity index is 1.69. The highest BCUT2D eigenvalue weighted by atomic mass is 32.1. The van der Waals surface area contributed by atoms with Crippen LogP contribution < -0.4 is 0 Å². The van der Waals surface area contributed by atoms with Crippen molar-refractivity contribution in [1.29, 1.82) is 0 Å². The summed E-state index contributed by atoms with van der Waals surface area (Å²) in [7, 11) is 1.86. The van der Waals surface area contributed by atoms with E-state index in [0.717, 1.165) is 41.8 Å². The molecule has 23 heavy (non-hydrogen) atoms. The van der Waals surface area contributed by atoms with E-state index < -0.39 is 0 Å². The van der Waals surface area contributed by atoms with Crippen LogP contribution in [0, 0.1) is 0 Å². The molecule has 0 aliphatic carbocycles. The molecule has 0 N–H and O–H groups in total. The number of hydrogen-bond acceptors (Lipinski definition) is 5. The van der Waals surface area contributed by atoms with E-state index in [1.54, 1.807) is 34.6 Å². The smallest absolute Gasteiger partial charge is 0.256 e. The number of carbonyl (C=O) groups excluding carboxylic acids is 1. The lowest BCUT2D eigenvalue weighted by atomic mass is 10.0. The standard InChI is InChI=1S/C16H17N5OS/c1-20-14-8-11(9-18-12(14)10-19-20)16(22)21-6-3-2-4-13(21)15-17-5-7-23-15/h5,7-10,13H,2-4,6H2,1H3. The number of piperidine rings is 1. The molecule has 7 heteroatoms. The molecule has 0 saturated carbocycles. The monoisotopic (exact) mass is 327 g/mol. The number of aryl methyl sites for hydroxylation is 1. The van der Waals surface area contributed by atoms with Gasteiger partial charge in [0.2, 0.25) is 0 Å². The quantitative estimate of drug-likeness (QED) is 0.726. The number of rotatable bonds is 2. The minimum atomic E-state index is 0.0282. The highest BCUT2D eigenvalue weighted by molar-refractivity contribution is 7.09. The largest absolute Gasteiger partial charge is 0.329 e. The summed E-state index contributed by atoms with van der Waals surface area (Å²) in [5.74, 6) is 0.0282. The fraction of sp³-hybridized carbons (Fsp3) is 0.375. The molecule has 4 heterocycles. The first-order valence-electron chi connectivity index (χ1n) is 7.72. The van der Waals surface area contributed by atoms with Gasteiger partial charge in [0.1, 0.15) is 10.5 Å². The minimum Gasteiger partial charge on any atom is -0.329 e. The molecule has 6 nitrogen and oxygen atoms in total. The van der Waals surface area contributed by atoms with Gasteiger partial charge in [0.25, 0.3) is 5.91 Å². The van der Waals surface area contributed by atoms with Gasteiger partial charge in [0.15, 0.2) is 0 Å². The summed E-state index contributed by atoms with van der Waals surface area (Å²) in [4.78, 5) is 23.7. The van der Waals surface area contributed by atoms with Crippen molar-refractivity contribution in [2.75, 3.05) is 6.54 Å². The predicted molar refractivity (Wildman–Crippen MR) is 88.3 cm³/mol. The Kier molecular flexibility index (Phi) is 3.57. The van der Waals surface area contributed by atoms with Crippen molar-refractivity contribution in [1.82, 2.24) is 24.6 Å². The number of carbonyl (C=O) groups is 1. The normalized spacial score (nSPS) is 18.5. The van der Waals surface area contributed by atoms with Crippen molar-refractivity contribution in [3.63, 3.8) is 0 Å². The molecule has 0 radical (unpaired) electrons. The van der Waals surface area contributed by atoms with E-state index in [2.05, 4.69) is 15.1 Å². The summed E-state index contributed by atoms with van der Waals surface area (Å²) in [5.41, 5.74) is 2.29. The number of pyridine rings is 1. The molecule has 0 bridgehead atoms. The highest BCUT2D eigenvalue weighted by Crippen LogP contribution is 2.33. The maximum Gasteiger partial charge on any atom is 0.256 e. The third-order valence-electron chi connectivity index (χ3n) is 4.35. The molecule has 1 fully saturated rings. The van der Waals surface area contributed by atoms with Gasteiger partial charge >= 0.3 is 0 Å². The van der Waals surface area contributed by atoms with Gasteiger partial charge in [0, 0.05) is 31.4 Å². The maximum absolute atomic E-state index is 13.0. The van der Waals surface area contributed by atoms with Crippen LogP contribution in [0.25, 0.3) is 11.0 Å². The second-order valence-electron chi connectivity index (χ2n) is 5.78. The SMILES string of the molecule is Cn1ncc2ncc(C(=O)N3CCCCC3c3nccs3)cc21. The second-order valence-corrected chi connectivity index (χ2v) is 6.70. The molecule has 1 amide bonds. The predicted octanol–water partition coefficient (Wildman–Crippen LogP) is 2.79. The lowest BCUT2D eigenvalue weighted by molar-refractivity contribution is 0.0611. The van der Waals surface area contributed by atoms with Gasteiger partial charge in [-0.1, -0.05) is 0 Å². The molecule has 1 saturated heterocycles. The Hall–Kier alpha value is -2.28. The first kappa shape index (κ1) is 14.3. The number of hydrogen-bond donors (Lipinski definition) is 0. The number of fused-ring (bicyclic) bond motifs is 1. The second kappa shape index (κ2) is 5.73. The van der Waals surface area contributed by atoms with Crippen LogP contribution in [0.1, 0.15) is 40.7 Å². The molecule has 4 rings (SSSR count). The fourth-order valence-corrected chi connectivity index (χ4v) is 3.92. The van der Waals surface area contributed by atoms with Crippen LogP contribution in [0.5, 0.6) is 0 Å². The summed E-state index contributed by atoms with van der Waals surface area (Å²) in [6, 6.07) is 1.96. The van der Waals surface area contributed by atoms with Crippen LogP contribution in [-0.2, 0) is 7.05 Å². The Morgan fingerprint density at radius 2 is 2.22 bits per heavy atom. The molecule has 1 aliphatic heterocycles. The first-order chi connectivity index (χ1) is 11.2. The molecule has 1 unspecified atom stereocenters. The third-order valence-corrected chi connectivity index (χ3v) is 5.22. The van der Waals surface area contributed by atoms with E-state index in [1.807, 2.05) is 23.4 Å². The third kappa shape index (κ3) is 2.50. The number of thiazole rings is 1. The van der Waals surface area contributed by atoms with Gasteiger partial charge in [-0.15, -0.1) is 11.3 Å². The van der Waals surface area contributed by atoms with Crippen LogP contribution in [0.4, 0.5) is 0 Å². The van der Waals surface area contributed by atoms with Crippen LogP contribution in [-0.4, -0.2) is 37.1 Å². The molecule has 1 aliphatic rings. The minimum absolute atomic E-state index is 0.0282. The van der Waals surface area contributed by atoms with Crippen molar-refractivity contribution in [3.8, 4) is 0 Å². The first-order valence-corrected chi connectivity index (χ1v) is 8.60. The summed E-state index contributed by atoms with van der Waals surface area (Å²) >= 11 is 1.62. The number of nitrogens with zero attached hydrogens (tertiary/aromatic N) is 5. The molecular formula is C16H17N5OS. The van der Waals surface area contributed by atoms with Crippen molar-refractivity contribution in [3.05, 3.63) is 40.6 Å². The topological polar surface area (TPSA) is 63.9 Å². The zero-order valence-corrected chi connectivity index (χ0v) is 13.7. The van der Waals surface area contributed by atoms with Crippen molar-refractivity contribution in [2.45, 2.75) is 25.3 Å². The van der Waals surface area contributed by atoms with Crippen LogP contribution in [0.2, 0.25) is 0 Å². The molecule has 1 atom stereocenters. The van der Waals surface area contributed by atoms with E-state index in [4.69, 9.17) is 0 Å². The van der Waals surface area contributed by atoms with E-state index in [0.29, 0.717) is 5.56 Å². The van der Waals surface area contributed by atoms with Crippen LogP contribution in [0.15, 0.2) is 30.0 Å². The molecule has 3 aromatic heterocycles. The Bertz CT molecular complexity index is 841. The average molecular weight is 327 g/mol. The van der Waals surface area contributed by atoms with E-state index in [-0.39, 0.29) is 11.9 Å². The van der Waals surface area contributed by atoms with Crippen molar-refractivity contribution < 1.29 is 4.79 Å². The van der Waals surface area contributed by atoms with E-state index >= 15 is 0 Å². The maximum atomic E-state index is 13.0. The summed E-state index contributed by atoms with van der Waals surface area (Å²) in [6.45, 7) is 0.770. The molecule has 118 valence electrons. The van der Waals surface area contributed by atoms with Gasteiger partial charge in [-0.2, -0.15) is 5.10 Å². The molecule has 0 aromatic carbocycles. The summed E-state index contributed by atoms with van der Waals surface area (Å²) in [6.07, 6.45) is 8.31. The number of amides is 1. The van der Waals surface area contributed by atoms with Gasteiger partial charge in [-0.05, 0) is 25.3 Å².